The van der Waals surface area contributed by atoms with E-state index in [1.165, 1.54) is 12.1 Å². The van der Waals surface area contributed by atoms with Crippen molar-refractivity contribution < 1.29 is 8.78 Å². The third kappa shape index (κ3) is 2.59. The molecule has 0 aliphatic heterocycles. The van der Waals surface area contributed by atoms with Crippen molar-refractivity contribution in [2.24, 2.45) is 5.73 Å². The SMILES string of the molecule is CC(C)c1ccc(F)c(C(C)CCN)c1F. The molecule has 0 aromatic heterocycles. The van der Waals surface area contributed by atoms with Gasteiger partial charge in [0.15, 0.2) is 0 Å². The van der Waals surface area contributed by atoms with Crippen LogP contribution in [0.25, 0.3) is 0 Å². The quantitative estimate of drug-likeness (QED) is 0.836. The van der Waals surface area contributed by atoms with Crippen molar-refractivity contribution in [1.82, 2.24) is 0 Å². The van der Waals surface area contributed by atoms with Crippen LogP contribution in [0.3, 0.4) is 0 Å². The fourth-order valence-electron chi connectivity index (χ4n) is 1.88. The Kier molecular flexibility index (Phi) is 4.42. The molecule has 0 bridgehead atoms. The maximum atomic E-state index is 14.1. The average Bonchev–Trinajstić information content (AvgIpc) is 2.17. The highest BCUT2D eigenvalue weighted by molar-refractivity contribution is 5.31. The predicted molar refractivity (Wildman–Crippen MR) is 62.5 cm³/mol. The molecule has 0 heterocycles. The van der Waals surface area contributed by atoms with E-state index in [4.69, 9.17) is 5.73 Å². The Hall–Kier alpha value is -0.960. The van der Waals surface area contributed by atoms with Crippen LogP contribution in [-0.2, 0) is 0 Å². The molecule has 2 N–H and O–H groups in total. The third-order valence-corrected chi connectivity index (χ3v) is 2.87. The smallest absolute Gasteiger partial charge is 0.133 e. The summed E-state index contributed by atoms with van der Waals surface area (Å²) in [5.41, 5.74) is 6.17. The van der Waals surface area contributed by atoms with E-state index in [0.29, 0.717) is 18.5 Å². The maximum absolute atomic E-state index is 14.1. The molecular weight excluding hydrogens is 208 g/mol. The summed E-state index contributed by atoms with van der Waals surface area (Å²) in [5.74, 6) is -0.994. The van der Waals surface area contributed by atoms with Gasteiger partial charge in [-0.2, -0.15) is 0 Å². The highest BCUT2D eigenvalue weighted by atomic mass is 19.1. The molecule has 1 nitrogen and oxygen atoms in total. The first-order valence-corrected chi connectivity index (χ1v) is 5.66. The second-order valence-corrected chi connectivity index (χ2v) is 4.50. The summed E-state index contributed by atoms with van der Waals surface area (Å²) in [7, 11) is 0. The van der Waals surface area contributed by atoms with E-state index in [1.807, 2.05) is 13.8 Å². The second kappa shape index (κ2) is 5.39. The molecule has 0 fully saturated rings. The standard InChI is InChI=1S/C13H19F2N/c1-8(2)10-4-5-11(14)12(13(10)15)9(3)6-7-16/h4-5,8-9H,6-7,16H2,1-3H3. The number of hydrogen-bond donors (Lipinski definition) is 1. The number of hydrogen-bond acceptors (Lipinski definition) is 1. The lowest BCUT2D eigenvalue weighted by Gasteiger charge is -2.16. The van der Waals surface area contributed by atoms with E-state index < -0.39 is 11.6 Å². The number of benzene rings is 1. The van der Waals surface area contributed by atoms with Crippen LogP contribution < -0.4 is 5.73 Å². The van der Waals surface area contributed by atoms with Gasteiger partial charge in [0.25, 0.3) is 0 Å². The van der Waals surface area contributed by atoms with Crippen molar-refractivity contribution in [2.45, 2.75) is 39.0 Å². The minimum absolute atomic E-state index is 0.0597. The predicted octanol–water partition coefficient (Wildman–Crippen LogP) is 3.54. The van der Waals surface area contributed by atoms with Crippen LogP contribution in [0.4, 0.5) is 8.78 Å². The van der Waals surface area contributed by atoms with Crippen molar-refractivity contribution in [3.63, 3.8) is 0 Å². The zero-order valence-corrected chi connectivity index (χ0v) is 10.1. The van der Waals surface area contributed by atoms with E-state index in [2.05, 4.69) is 0 Å². The minimum Gasteiger partial charge on any atom is -0.330 e. The van der Waals surface area contributed by atoms with Crippen LogP contribution in [0.1, 0.15) is 50.2 Å². The summed E-state index contributed by atoms with van der Waals surface area (Å²) in [6.45, 7) is 6.03. The second-order valence-electron chi connectivity index (χ2n) is 4.50. The highest BCUT2D eigenvalue weighted by Gasteiger charge is 2.19. The fourth-order valence-corrected chi connectivity index (χ4v) is 1.88. The first-order valence-electron chi connectivity index (χ1n) is 5.66. The molecule has 0 aliphatic carbocycles. The lowest BCUT2D eigenvalue weighted by Crippen LogP contribution is -2.10. The molecule has 0 spiro atoms. The largest absolute Gasteiger partial charge is 0.330 e. The molecule has 0 amide bonds. The molecule has 90 valence electrons. The van der Waals surface area contributed by atoms with Gasteiger partial charge in [-0.15, -0.1) is 0 Å². The number of rotatable bonds is 4. The van der Waals surface area contributed by atoms with Crippen molar-refractivity contribution in [3.8, 4) is 0 Å². The van der Waals surface area contributed by atoms with Crippen molar-refractivity contribution in [2.75, 3.05) is 6.54 Å². The van der Waals surface area contributed by atoms with Crippen LogP contribution in [0.2, 0.25) is 0 Å². The molecule has 3 heteroatoms. The van der Waals surface area contributed by atoms with Crippen LogP contribution >= 0.6 is 0 Å². The lowest BCUT2D eigenvalue weighted by molar-refractivity contribution is 0.510. The van der Waals surface area contributed by atoms with Crippen LogP contribution in [0, 0.1) is 11.6 Å². The van der Waals surface area contributed by atoms with Crippen molar-refractivity contribution in [1.29, 1.82) is 0 Å². The van der Waals surface area contributed by atoms with Crippen LogP contribution in [-0.4, -0.2) is 6.54 Å². The summed E-state index contributed by atoms with van der Waals surface area (Å²) >= 11 is 0. The summed E-state index contributed by atoms with van der Waals surface area (Å²) in [4.78, 5) is 0. The Labute approximate surface area is 95.7 Å². The molecule has 0 saturated heterocycles. The van der Waals surface area contributed by atoms with Gasteiger partial charge in [-0.1, -0.05) is 26.8 Å². The van der Waals surface area contributed by atoms with Gasteiger partial charge in [0, 0.05) is 5.56 Å². The minimum atomic E-state index is -0.470. The van der Waals surface area contributed by atoms with Gasteiger partial charge in [0.2, 0.25) is 0 Å². The number of nitrogens with two attached hydrogens (primary N) is 1. The molecule has 1 unspecified atom stereocenters. The van der Waals surface area contributed by atoms with Crippen molar-refractivity contribution in [3.05, 3.63) is 34.9 Å². The van der Waals surface area contributed by atoms with Gasteiger partial charge >= 0.3 is 0 Å². The van der Waals surface area contributed by atoms with E-state index in [1.54, 1.807) is 6.92 Å². The molecular formula is C13H19F2N. The van der Waals surface area contributed by atoms with Gasteiger partial charge in [0.1, 0.15) is 11.6 Å². The summed E-state index contributed by atoms with van der Waals surface area (Å²) < 4.78 is 27.7. The first-order chi connectivity index (χ1) is 7.49. The van der Waals surface area contributed by atoms with Crippen molar-refractivity contribution >= 4 is 0 Å². The zero-order valence-electron chi connectivity index (χ0n) is 10.1. The molecule has 16 heavy (non-hydrogen) atoms. The Morgan fingerprint density at radius 3 is 2.31 bits per heavy atom. The summed E-state index contributed by atoms with van der Waals surface area (Å²) in [6.07, 6.45) is 0.593. The van der Waals surface area contributed by atoms with Gasteiger partial charge < -0.3 is 5.73 Å². The van der Waals surface area contributed by atoms with Crippen LogP contribution in [0.15, 0.2) is 12.1 Å². The third-order valence-electron chi connectivity index (χ3n) is 2.87. The van der Waals surface area contributed by atoms with E-state index in [0.717, 1.165) is 0 Å². The Balaban J connectivity index is 3.20. The molecule has 1 atom stereocenters. The Morgan fingerprint density at radius 2 is 1.81 bits per heavy atom. The summed E-state index contributed by atoms with van der Waals surface area (Å²) in [5, 5.41) is 0. The normalized spacial score (nSPS) is 13.2. The average molecular weight is 227 g/mol. The lowest BCUT2D eigenvalue weighted by atomic mass is 9.91. The molecule has 1 rings (SSSR count). The topological polar surface area (TPSA) is 26.0 Å². The van der Waals surface area contributed by atoms with Gasteiger partial charge in [-0.3, -0.25) is 0 Å². The summed E-state index contributed by atoms with van der Waals surface area (Å²) in [6, 6.07) is 2.87. The van der Waals surface area contributed by atoms with E-state index in [9.17, 15) is 8.78 Å². The number of halogens is 2. The Bertz CT molecular complexity index is 361. The monoisotopic (exact) mass is 227 g/mol. The molecule has 0 radical (unpaired) electrons. The zero-order chi connectivity index (χ0) is 12.3. The van der Waals surface area contributed by atoms with Gasteiger partial charge in [0.05, 0.1) is 0 Å². The maximum Gasteiger partial charge on any atom is 0.133 e. The molecule has 1 aromatic carbocycles. The van der Waals surface area contributed by atoms with E-state index in [-0.39, 0.29) is 17.4 Å². The van der Waals surface area contributed by atoms with E-state index >= 15 is 0 Å². The van der Waals surface area contributed by atoms with Gasteiger partial charge in [-0.05, 0) is 36.4 Å². The Morgan fingerprint density at radius 1 is 1.19 bits per heavy atom. The molecule has 0 aliphatic rings. The molecule has 0 saturated carbocycles. The van der Waals surface area contributed by atoms with Crippen LogP contribution in [0.5, 0.6) is 0 Å². The first kappa shape index (κ1) is 13.1. The molecule has 1 aromatic rings. The van der Waals surface area contributed by atoms with Gasteiger partial charge in [-0.25, -0.2) is 8.78 Å². The highest BCUT2D eigenvalue weighted by Crippen LogP contribution is 2.29. The fraction of sp³-hybridized carbons (Fsp3) is 0.538.